The first-order chi connectivity index (χ1) is 19.7. The van der Waals surface area contributed by atoms with Gasteiger partial charge in [-0.2, -0.15) is 9.97 Å². The molecule has 0 amide bonds. The van der Waals surface area contributed by atoms with Crippen molar-refractivity contribution in [2.24, 2.45) is 0 Å². The lowest BCUT2D eigenvalue weighted by atomic mass is 10.2. The van der Waals surface area contributed by atoms with Gasteiger partial charge < -0.3 is 28.4 Å². The SMILES string of the molecule is CCCCCCOCCOCCOc1ccc(Sc2nc(C)nc(OCCOCCOCCCCCC)n2)cc1. The molecule has 0 aliphatic carbocycles. The highest BCUT2D eigenvalue weighted by Gasteiger charge is 2.08. The van der Waals surface area contributed by atoms with Crippen LogP contribution in [0.1, 0.15) is 71.0 Å². The van der Waals surface area contributed by atoms with Gasteiger partial charge in [0.2, 0.25) is 0 Å². The summed E-state index contributed by atoms with van der Waals surface area (Å²) < 4.78 is 33.7. The minimum atomic E-state index is 0.299. The molecule has 0 fully saturated rings. The van der Waals surface area contributed by atoms with Crippen LogP contribution in [0.25, 0.3) is 0 Å². The molecule has 2 rings (SSSR count). The number of hydrogen-bond acceptors (Lipinski definition) is 10. The number of ether oxygens (including phenoxy) is 6. The van der Waals surface area contributed by atoms with Gasteiger partial charge in [-0.25, -0.2) is 4.98 Å². The maximum Gasteiger partial charge on any atom is 0.320 e. The molecule has 0 radical (unpaired) electrons. The molecular formula is C30H49N3O6S. The summed E-state index contributed by atoms with van der Waals surface area (Å²) in [7, 11) is 0. The number of unbranched alkanes of at least 4 members (excludes halogenated alkanes) is 6. The van der Waals surface area contributed by atoms with Gasteiger partial charge in [-0.05, 0) is 55.8 Å². The Morgan fingerprint density at radius 3 is 1.65 bits per heavy atom. The Balaban J connectivity index is 1.57. The normalized spacial score (nSPS) is 11.2. The molecule has 0 unspecified atom stereocenters. The highest BCUT2D eigenvalue weighted by atomic mass is 32.2. The molecule has 0 atom stereocenters. The Labute approximate surface area is 245 Å². The Bertz CT molecular complexity index is 875. The fraction of sp³-hybridized carbons (Fsp3) is 0.700. The molecule has 1 heterocycles. The standard InChI is InChI=1S/C30H49N3O6S/c1-4-6-8-10-16-34-18-20-36-22-24-38-27-12-14-28(15-13-27)40-30-32-26(3)31-29(33-30)39-25-23-37-21-19-35-17-11-9-7-5-2/h12-15H,4-11,16-25H2,1-3H3. The van der Waals surface area contributed by atoms with Gasteiger partial charge in [-0.1, -0.05) is 52.4 Å². The van der Waals surface area contributed by atoms with Crippen LogP contribution in [0.15, 0.2) is 34.3 Å². The van der Waals surface area contributed by atoms with Crippen LogP contribution in [-0.4, -0.2) is 81.0 Å². The van der Waals surface area contributed by atoms with Crippen molar-refractivity contribution in [3.63, 3.8) is 0 Å². The van der Waals surface area contributed by atoms with Crippen LogP contribution in [0, 0.1) is 6.92 Å². The average molecular weight is 580 g/mol. The van der Waals surface area contributed by atoms with E-state index < -0.39 is 0 Å². The molecule has 2 aromatic rings. The second-order valence-corrected chi connectivity index (χ2v) is 10.3. The molecule has 0 saturated heterocycles. The summed E-state index contributed by atoms with van der Waals surface area (Å²) >= 11 is 1.45. The van der Waals surface area contributed by atoms with E-state index in [4.69, 9.17) is 28.4 Å². The van der Waals surface area contributed by atoms with E-state index in [9.17, 15) is 0 Å². The second-order valence-electron chi connectivity index (χ2n) is 9.29. The first-order valence-electron chi connectivity index (χ1n) is 14.8. The third kappa shape index (κ3) is 17.7. The predicted octanol–water partition coefficient (Wildman–Crippen LogP) is 6.32. The second kappa shape index (κ2) is 23.7. The highest BCUT2D eigenvalue weighted by molar-refractivity contribution is 7.99. The van der Waals surface area contributed by atoms with E-state index in [0.717, 1.165) is 36.7 Å². The third-order valence-electron chi connectivity index (χ3n) is 5.72. The zero-order chi connectivity index (χ0) is 28.5. The van der Waals surface area contributed by atoms with Crippen LogP contribution in [0.2, 0.25) is 0 Å². The van der Waals surface area contributed by atoms with Crippen molar-refractivity contribution in [2.45, 2.75) is 82.2 Å². The van der Waals surface area contributed by atoms with Gasteiger partial charge in [-0.3, -0.25) is 0 Å². The molecular weight excluding hydrogens is 530 g/mol. The molecule has 0 bridgehead atoms. The summed E-state index contributed by atoms with van der Waals surface area (Å²) in [4.78, 5) is 14.1. The van der Waals surface area contributed by atoms with Gasteiger partial charge in [0, 0.05) is 18.1 Å². The van der Waals surface area contributed by atoms with Gasteiger partial charge in [-0.15, -0.1) is 0 Å². The van der Waals surface area contributed by atoms with Crippen molar-refractivity contribution in [3.8, 4) is 11.8 Å². The van der Waals surface area contributed by atoms with Crippen molar-refractivity contribution in [1.29, 1.82) is 0 Å². The molecule has 0 N–H and O–H groups in total. The van der Waals surface area contributed by atoms with Crippen LogP contribution in [0.5, 0.6) is 11.8 Å². The summed E-state index contributed by atoms with van der Waals surface area (Å²) in [5.41, 5.74) is 0. The fourth-order valence-electron chi connectivity index (χ4n) is 3.57. The van der Waals surface area contributed by atoms with Crippen molar-refractivity contribution >= 4 is 11.8 Å². The number of aryl methyl sites for hydroxylation is 1. The van der Waals surface area contributed by atoms with Crippen molar-refractivity contribution in [1.82, 2.24) is 15.0 Å². The molecule has 0 aliphatic rings. The molecule has 1 aromatic heterocycles. The van der Waals surface area contributed by atoms with E-state index in [1.807, 2.05) is 31.2 Å². The summed E-state index contributed by atoms with van der Waals surface area (Å²) in [5, 5.41) is 0.578. The first kappa shape index (κ1) is 34.2. The fourth-order valence-corrected chi connectivity index (χ4v) is 4.35. The van der Waals surface area contributed by atoms with Crippen LogP contribution in [-0.2, 0) is 18.9 Å². The number of hydrogen-bond donors (Lipinski definition) is 0. The lowest BCUT2D eigenvalue weighted by Crippen LogP contribution is -2.12. The molecule has 0 saturated carbocycles. The van der Waals surface area contributed by atoms with E-state index in [-0.39, 0.29) is 0 Å². The lowest BCUT2D eigenvalue weighted by Gasteiger charge is -2.09. The maximum absolute atomic E-state index is 5.77. The average Bonchev–Trinajstić information content (AvgIpc) is 2.95. The molecule has 226 valence electrons. The molecule has 9 nitrogen and oxygen atoms in total. The van der Waals surface area contributed by atoms with Crippen molar-refractivity contribution in [3.05, 3.63) is 30.1 Å². The number of aromatic nitrogens is 3. The van der Waals surface area contributed by atoms with Crippen molar-refractivity contribution in [2.75, 3.05) is 66.1 Å². The summed E-state index contributed by atoms with van der Waals surface area (Å²) in [6.45, 7) is 12.1. The monoisotopic (exact) mass is 579 g/mol. The molecule has 0 aliphatic heterocycles. The van der Waals surface area contributed by atoms with Crippen LogP contribution >= 0.6 is 11.8 Å². The molecule has 10 heteroatoms. The smallest absolute Gasteiger partial charge is 0.320 e. The summed E-state index contributed by atoms with van der Waals surface area (Å²) in [5.74, 6) is 1.39. The van der Waals surface area contributed by atoms with Gasteiger partial charge in [0.15, 0.2) is 5.16 Å². The number of rotatable bonds is 26. The quantitative estimate of drug-likeness (QED) is 0.118. The summed E-state index contributed by atoms with van der Waals surface area (Å²) in [6, 6.07) is 8.12. The zero-order valence-electron chi connectivity index (χ0n) is 24.7. The molecule has 1 aromatic carbocycles. The van der Waals surface area contributed by atoms with E-state index in [1.54, 1.807) is 0 Å². The third-order valence-corrected chi connectivity index (χ3v) is 6.60. The Morgan fingerprint density at radius 2 is 1.07 bits per heavy atom. The largest absolute Gasteiger partial charge is 0.491 e. The van der Waals surface area contributed by atoms with Crippen LogP contribution in [0.4, 0.5) is 0 Å². The molecule has 40 heavy (non-hydrogen) atoms. The minimum absolute atomic E-state index is 0.299. The Kier molecular flexibility index (Phi) is 20.3. The number of nitrogens with zero attached hydrogens (tertiary/aromatic N) is 3. The van der Waals surface area contributed by atoms with Gasteiger partial charge in [0.1, 0.15) is 24.8 Å². The topological polar surface area (TPSA) is 94.1 Å². The van der Waals surface area contributed by atoms with Crippen LogP contribution < -0.4 is 9.47 Å². The minimum Gasteiger partial charge on any atom is -0.491 e. The van der Waals surface area contributed by atoms with E-state index >= 15 is 0 Å². The lowest BCUT2D eigenvalue weighted by molar-refractivity contribution is 0.0340. The Hall–Kier alpha value is -1.98. The highest BCUT2D eigenvalue weighted by Crippen LogP contribution is 2.27. The van der Waals surface area contributed by atoms with E-state index in [1.165, 1.54) is 50.3 Å². The first-order valence-corrected chi connectivity index (χ1v) is 15.6. The molecule has 0 spiro atoms. The van der Waals surface area contributed by atoms with E-state index in [2.05, 4.69) is 28.8 Å². The van der Waals surface area contributed by atoms with E-state index in [0.29, 0.717) is 69.8 Å². The number of benzene rings is 1. The zero-order valence-corrected chi connectivity index (χ0v) is 25.6. The summed E-state index contributed by atoms with van der Waals surface area (Å²) in [6.07, 6.45) is 9.71. The Morgan fingerprint density at radius 1 is 0.550 bits per heavy atom. The maximum atomic E-state index is 5.77. The van der Waals surface area contributed by atoms with Crippen molar-refractivity contribution < 1.29 is 28.4 Å². The van der Waals surface area contributed by atoms with Gasteiger partial charge in [0.05, 0.1) is 39.6 Å². The predicted molar refractivity (Wildman–Crippen MR) is 158 cm³/mol. The van der Waals surface area contributed by atoms with Gasteiger partial charge >= 0.3 is 6.01 Å². The van der Waals surface area contributed by atoms with Gasteiger partial charge in [0.25, 0.3) is 0 Å². The van der Waals surface area contributed by atoms with Crippen LogP contribution in [0.3, 0.4) is 0 Å².